The topological polar surface area (TPSA) is 205 Å². The van der Waals surface area contributed by atoms with Crippen LogP contribution in [0.3, 0.4) is 0 Å². The summed E-state index contributed by atoms with van der Waals surface area (Å²) >= 11 is 0. The second-order valence-corrected chi connectivity index (χ2v) is 9.17. The smallest absolute Gasteiger partial charge is 0.326 e. The van der Waals surface area contributed by atoms with E-state index in [1.54, 1.807) is 20.8 Å². The summed E-state index contributed by atoms with van der Waals surface area (Å²) in [6, 6.07) is -3.93. The SMILES string of the molecule is CCC(C)C(NC(=O)C(Cc1cnc[nH]1)NC(=O)C(CCCCN)NC(=O)C(N)C(C)C)C(=O)O. The first-order chi connectivity index (χ1) is 16.5. The maximum atomic E-state index is 13.2. The number of aromatic nitrogens is 2. The van der Waals surface area contributed by atoms with E-state index < -0.39 is 47.9 Å². The summed E-state index contributed by atoms with van der Waals surface area (Å²) in [6.45, 7) is 7.59. The molecule has 12 nitrogen and oxygen atoms in total. The third-order valence-corrected chi connectivity index (χ3v) is 5.99. The van der Waals surface area contributed by atoms with Crippen molar-refractivity contribution >= 4 is 23.7 Å². The van der Waals surface area contributed by atoms with E-state index in [0.29, 0.717) is 37.9 Å². The zero-order chi connectivity index (χ0) is 26.5. The molecule has 0 aliphatic rings. The van der Waals surface area contributed by atoms with Gasteiger partial charge in [-0.25, -0.2) is 9.78 Å². The van der Waals surface area contributed by atoms with Gasteiger partial charge in [-0.2, -0.15) is 0 Å². The van der Waals surface area contributed by atoms with Crippen LogP contribution < -0.4 is 27.4 Å². The van der Waals surface area contributed by atoms with Gasteiger partial charge in [-0.3, -0.25) is 14.4 Å². The lowest BCUT2D eigenvalue weighted by molar-refractivity contribution is -0.143. The van der Waals surface area contributed by atoms with Crippen molar-refractivity contribution in [1.82, 2.24) is 25.9 Å². The largest absolute Gasteiger partial charge is 0.480 e. The molecule has 12 heteroatoms. The fraction of sp³-hybridized carbons (Fsp3) is 0.696. The van der Waals surface area contributed by atoms with Gasteiger partial charge in [-0.1, -0.05) is 34.1 Å². The molecule has 5 atom stereocenters. The molecule has 0 aromatic carbocycles. The standard InChI is InChI=1S/C23H41N7O5/c1-5-14(4)19(23(34)35)30-21(32)17(10-15-11-26-12-27-15)29-20(31)16(8-6-7-9-24)28-22(33)18(25)13(2)3/h11-14,16-19H,5-10,24-25H2,1-4H3,(H,26,27)(H,28,33)(H,29,31)(H,30,32)(H,34,35). The molecule has 0 saturated heterocycles. The van der Waals surface area contributed by atoms with Crippen LogP contribution in [0.5, 0.6) is 0 Å². The van der Waals surface area contributed by atoms with Crippen LogP contribution in [-0.4, -0.2) is 69.5 Å². The maximum Gasteiger partial charge on any atom is 0.326 e. The van der Waals surface area contributed by atoms with Gasteiger partial charge in [-0.05, 0) is 37.6 Å². The predicted octanol–water partition coefficient (Wildman–Crippen LogP) is -0.350. The highest BCUT2D eigenvalue weighted by Crippen LogP contribution is 2.10. The molecule has 1 aromatic rings. The summed E-state index contributed by atoms with van der Waals surface area (Å²) < 4.78 is 0. The van der Waals surface area contributed by atoms with E-state index in [4.69, 9.17) is 11.5 Å². The Morgan fingerprint density at radius 2 is 1.66 bits per heavy atom. The van der Waals surface area contributed by atoms with Gasteiger partial charge in [0.15, 0.2) is 0 Å². The number of unbranched alkanes of at least 4 members (excludes halogenated alkanes) is 1. The highest BCUT2D eigenvalue weighted by atomic mass is 16.4. The van der Waals surface area contributed by atoms with Crippen molar-refractivity contribution in [2.45, 2.75) is 84.0 Å². The fourth-order valence-corrected chi connectivity index (χ4v) is 3.37. The Balaban J connectivity index is 3.09. The van der Waals surface area contributed by atoms with Crippen molar-refractivity contribution in [3.63, 3.8) is 0 Å². The van der Waals surface area contributed by atoms with Crippen molar-refractivity contribution in [2.75, 3.05) is 6.54 Å². The zero-order valence-corrected chi connectivity index (χ0v) is 21.0. The molecule has 0 spiro atoms. The number of amides is 3. The zero-order valence-electron chi connectivity index (χ0n) is 21.0. The summed E-state index contributed by atoms with van der Waals surface area (Å²) in [5.41, 5.74) is 12.1. The van der Waals surface area contributed by atoms with Gasteiger partial charge in [0.2, 0.25) is 17.7 Å². The average molecular weight is 496 g/mol. The van der Waals surface area contributed by atoms with Gasteiger partial charge in [0, 0.05) is 18.3 Å². The van der Waals surface area contributed by atoms with Crippen LogP contribution in [0.25, 0.3) is 0 Å². The highest BCUT2D eigenvalue weighted by Gasteiger charge is 2.32. The normalized spacial score (nSPS) is 15.5. The molecule has 0 radical (unpaired) electrons. The lowest BCUT2D eigenvalue weighted by Gasteiger charge is -2.26. The number of nitrogens with two attached hydrogens (primary N) is 2. The van der Waals surface area contributed by atoms with E-state index >= 15 is 0 Å². The lowest BCUT2D eigenvalue weighted by Crippen LogP contribution is -2.58. The fourth-order valence-electron chi connectivity index (χ4n) is 3.37. The van der Waals surface area contributed by atoms with E-state index in [0.717, 1.165) is 0 Å². The summed E-state index contributed by atoms with van der Waals surface area (Å²) in [6.07, 6.45) is 5.09. The quantitative estimate of drug-likeness (QED) is 0.150. The molecule has 0 aliphatic carbocycles. The van der Waals surface area contributed by atoms with Gasteiger partial charge in [0.1, 0.15) is 18.1 Å². The first-order valence-corrected chi connectivity index (χ1v) is 12.1. The van der Waals surface area contributed by atoms with Crippen molar-refractivity contribution in [1.29, 1.82) is 0 Å². The monoisotopic (exact) mass is 495 g/mol. The number of hydrogen-bond donors (Lipinski definition) is 7. The van der Waals surface area contributed by atoms with Gasteiger partial charge in [-0.15, -0.1) is 0 Å². The molecule has 0 aliphatic heterocycles. The summed E-state index contributed by atoms with van der Waals surface area (Å²) in [4.78, 5) is 57.3. The molecule has 9 N–H and O–H groups in total. The van der Waals surface area contributed by atoms with Gasteiger partial charge < -0.3 is 37.5 Å². The van der Waals surface area contributed by atoms with Crippen molar-refractivity contribution < 1.29 is 24.3 Å². The Morgan fingerprint density at radius 3 is 2.17 bits per heavy atom. The lowest BCUT2D eigenvalue weighted by atomic mass is 9.98. The number of imidazole rings is 1. The molecule has 1 aromatic heterocycles. The van der Waals surface area contributed by atoms with Crippen molar-refractivity contribution in [3.8, 4) is 0 Å². The Morgan fingerprint density at radius 1 is 1.03 bits per heavy atom. The number of carbonyl (C=O) groups excluding carboxylic acids is 3. The second kappa shape index (κ2) is 15.1. The number of hydrogen-bond acceptors (Lipinski definition) is 7. The van der Waals surface area contributed by atoms with Crippen LogP contribution in [0.15, 0.2) is 12.5 Å². The van der Waals surface area contributed by atoms with Crippen LogP contribution >= 0.6 is 0 Å². The average Bonchev–Trinajstić information content (AvgIpc) is 3.33. The first kappa shape index (κ1) is 30.0. The number of carbonyl (C=O) groups is 4. The number of nitrogens with one attached hydrogen (secondary N) is 4. The third-order valence-electron chi connectivity index (χ3n) is 5.99. The number of carboxylic acid groups (broad SMARTS) is 1. The maximum absolute atomic E-state index is 13.2. The van der Waals surface area contributed by atoms with Crippen LogP contribution in [-0.2, 0) is 25.6 Å². The van der Waals surface area contributed by atoms with Crippen LogP contribution in [0.1, 0.15) is 59.1 Å². The highest BCUT2D eigenvalue weighted by molar-refractivity contribution is 5.94. The van der Waals surface area contributed by atoms with E-state index in [1.807, 2.05) is 6.92 Å². The van der Waals surface area contributed by atoms with Gasteiger partial charge in [0.05, 0.1) is 12.4 Å². The summed E-state index contributed by atoms with van der Waals surface area (Å²) in [7, 11) is 0. The molecule has 3 amide bonds. The van der Waals surface area contributed by atoms with E-state index in [9.17, 15) is 24.3 Å². The number of aliphatic carboxylic acids is 1. The predicted molar refractivity (Wildman–Crippen MR) is 131 cm³/mol. The molecular formula is C23H41N7O5. The molecule has 198 valence electrons. The molecule has 0 bridgehead atoms. The van der Waals surface area contributed by atoms with Gasteiger partial charge in [0.25, 0.3) is 0 Å². The van der Waals surface area contributed by atoms with Crippen LogP contribution in [0.2, 0.25) is 0 Å². The van der Waals surface area contributed by atoms with Crippen LogP contribution in [0, 0.1) is 11.8 Å². The molecule has 0 saturated carbocycles. The number of H-pyrrole nitrogens is 1. The number of carboxylic acids is 1. The van der Waals surface area contributed by atoms with Crippen LogP contribution in [0.4, 0.5) is 0 Å². The summed E-state index contributed by atoms with van der Waals surface area (Å²) in [5.74, 6) is -3.29. The molecule has 1 heterocycles. The number of nitrogens with zero attached hydrogens (tertiary/aromatic N) is 1. The Labute approximate surface area is 206 Å². The minimum atomic E-state index is -1.16. The Kier molecular flexibility index (Phi) is 13.0. The molecule has 0 fully saturated rings. The van der Waals surface area contributed by atoms with Gasteiger partial charge >= 0.3 is 5.97 Å². The number of rotatable bonds is 16. The van der Waals surface area contributed by atoms with E-state index in [-0.39, 0.29) is 18.3 Å². The number of aromatic amines is 1. The van der Waals surface area contributed by atoms with E-state index in [2.05, 4.69) is 25.9 Å². The van der Waals surface area contributed by atoms with Crippen molar-refractivity contribution in [3.05, 3.63) is 18.2 Å². The minimum Gasteiger partial charge on any atom is -0.480 e. The van der Waals surface area contributed by atoms with E-state index in [1.165, 1.54) is 12.5 Å². The third kappa shape index (κ3) is 10.0. The molecule has 5 unspecified atom stereocenters. The second-order valence-electron chi connectivity index (χ2n) is 9.17. The Bertz CT molecular complexity index is 815. The molecule has 35 heavy (non-hydrogen) atoms. The molecular weight excluding hydrogens is 454 g/mol. The molecule has 1 rings (SSSR count). The first-order valence-electron chi connectivity index (χ1n) is 12.1. The Hall–Kier alpha value is -2.99. The van der Waals surface area contributed by atoms with Crippen molar-refractivity contribution in [2.24, 2.45) is 23.3 Å². The minimum absolute atomic E-state index is 0.0550. The summed E-state index contributed by atoms with van der Waals surface area (Å²) in [5, 5.41) is 17.5.